The maximum atomic E-state index is 11.6. The lowest BCUT2D eigenvalue weighted by molar-refractivity contribution is 0.101. The van der Waals surface area contributed by atoms with E-state index in [2.05, 4.69) is 4.98 Å². The van der Waals surface area contributed by atoms with Gasteiger partial charge in [-0.05, 0) is 12.1 Å². The second-order valence-corrected chi connectivity index (χ2v) is 3.30. The summed E-state index contributed by atoms with van der Waals surface area (Å²) < 4.78 is 0. The molecule has 1 heterocycles. The van der Waals surface area contributed by atoms with Gasteiger partial charge in [0.25, 0.3) is 0 Å². The molecule has 0 saturated carbocycles. The predicted molar refractivity (Wildman–Crippen MR) is 56.2 cm³/mol. The molecule has 2 rings (SSSR count). The molecule has 0 amide bonds. The lowest BCUT2D eigenvalue weighted by Gasteiger charge is -2.02. The molecule has 0 unspecified atom stereocenters. The maximum absolute atomic E-state index is 11.6. The zero-order valence-electron chi connectivity index (χ0n) is 8.07. The molecule has 1 aromatic carbocycles. The second kappa shape index (κ2) is 3.24. The Morgan fingerprint density at radius 3 is 2.80 bits per heavy atom. The number of nitrogens with one attached hydrogen (secondary N) is 1. The fraction of sp³-hybridized carbons (Fsp3) is 0.0909. The monoisotopic (exact) mass is 203 g/mol. The minimum Gasteiger partial charge on any atom is -0.506 e. The highest BCUT2D eigenvalue weighted by molar-refractivity contribution is 5.95. The fourth-order valence-corrected chi connectivity index (χ4v) is 1.45. The van der Waals surface area contributed by atoms with E-state index in [0.717, 1.165) is 0 Å². The lowest BCUT2D eigenvalue weighted by Crippen LogP contribution is -2.07. The number of phenolic OH excluding ortho intramolecular Hbond substituents is 1. The van der Waals surface area contributed by atoms with Crippen LogP contribution in [0.5, 0.6) is 5.75 Å². The largest absolute Gasteiger partial charge is 0.506 e. The van der Waals surface area contributed by atoms with E-state index in [0.29, 0.717) is 10.9 Å². The van der Waals surface area contributed by atoms with Gasteiger partial charge in [0.15, 0.2) is 11.2 Å². The van der Waals surface area contributed by atoms with E-state index < -0.39 is 0 Å². The number of carbonyl (C=O) groups is 1. The molecule has 2 N–H and O–H groups in total. The Morgan fingerprint density at radius 2 is 2.13 bits per heavy atom. The molecule has 0 saturated heterocycles. The van der Waals surface area contributed by atoms with Gasteiger partial charge in [-0.1, -0.05) is 6.07 Å². The second-order valence-electron chi connectivity index (χ2n) is 3.30. The van der Waals surface area contributed by atoms with Gasteiger partial charge in [0, 0.05) is 18.4 Å². The van der Waals surface area contributed by atoms with Crippen LogP contribution < -0.4 is 5.43 Å². The van der Waals surface area contributed by atoms with Crippen molar-refractivity contribution in [2.75, 3.05) is 0 Å². The van der Waals surface area contributed by atoms with Gasteiger partial charge < -0.3 is 10.1 Å². The number of fused-ring (bicyclic) bond motifs is 1. The van der Waals surface area contributed by atoms with Gasteiger partial charge in [-0.15, -0.1) is 0 Å². The molecule has 0 aliphatic rings. The molecule has 0 radical (unpaired) electrons. The van der Waals surface area contributed by atoms with Crippen LogP contribution in [-0.4, -0.2) is 15.9 Å². The smallest absolute Gasteiger partial charge is 0.190 e. The first-order chi connectivity index (χ1) is 7.09. The van der Waals surface area contributed by atoms with Crippen molar-refractivity contribution in [3.05, 3.63) is 40.2 Å². The molecule has 0 spiro atoms. The zero-order valence-corrected chi connectivity index (χ0v) is 8.07. The number of para-hydroxylation sites is 1. The third-order valence-electron chi connectivity index (χ3n) is 2.22. The first-order valence-electron chi connectivity index (χ1n) is 4.45. The molecule has 1 aromatic heterocycles. The van der Waals surface area contributed by atoms with E-state index >= 15 is 0 Å². The average Bonchev–Trinajstić information content (AvgIpc) is 2.19. The zero-order chi connectivity index (χ0) is 11.0. The number of aromatic nitrogens is 1. The molecule has 0 atom stereocenters. The number of phenols is 1. The van der Waals surface area contributed by atoms with E-state index in [4.69, 9.17) is 0 Å². The molecule has 4 nitrogen and oxygen atoms in total. The van der Waals surface area contributed by atoms with Crippen molar-refractivity contribution >= 4 is 16.7 Å². The number of carbonyl (C=O) groups excluding carboxylic acids is 1. The van der Waals surface area contributed by atoms with Gasteiger partial charge in [-0.2, -0.15) is 0 Å². The van der Waals surface area contributed by atoms with Crippen LogP contribution in [0.25, 0.3) is 10.9 Å². The summed E-state index contributed by atoms with van der Waals surface area (Å²) in [5.41, 5.74) is 0.231. The number of aromatic hydroxyl groups is 1. The Bertz CT molecular complexity index is 598. The molecule has 15 heavy (non-hydrogen) atoms. The van der Waals surface area contributed by atoms with Crippen LogP contribution in [0.15, 0.2) is 29.1 Å². The molecule has 0 aliphatic heterocycles. The summed E-state index contributed by atoms with van der Waals surface area (Å²) in [6.45, 7) is 1.36. The van der Waals surface area contributed by atoms with Crippen LogP contribution in [-0.2, 0) is 0 Å². The van der Waals surface area contributed by atoms with E-state index in [1.54, 1.807) is 12.1 Å². The molecular formula is C11H9NO3. The Labute approximate surface area is 85.2 Å². The van der Waals surface area contributed by atoms with Crippen LogP contribution in [0.4, 0.5) is 0 Å². The first-order valence-corrected chi connectivity index (χ1v) is 4.45. The highest BCUT2D eigenvalue weighted by atomic mass is 16.3. The lowest BCUT2D eigenvalue weighted by atomic mass is 10.1. The van der Waals surface area contributed by atoms with E-state index in [1.165, 1.54) is 19.1 Å². The van der Waals surface area contributed by atoms with Crippen molar-refractivity contribution < 1.29 is 9.90 Å². The molecule has 0 aliphatic carbocycles. The number of pyridine rings is 1. The Kier molecular flexibility index (Phi) is 2.04. The van der Waals surface area contributed by atoms with E-state index in [9.17, 15) is 14.7 Å². The fourth-order valence-electron chi connectivity index (χ4n) is 1.45. The van der Waals surface area contributed by atoms with Crippen LogP contribution in [0, 0.1) is 0 Å². The third kappa shape index (κ3) is 1.50. The SMILES string of the molecule is CC(=O)c1cc(=O)c2cccc(O)c2[nH]1. The number of hydrogen-bond acceptors (Lipinski definition) is 3. The maximum Gasteiger partial charge on any atom is 0.190 e. The van der Waals surface area contributed by atoms with Crippen molar-refractivity contribution in [3.63, 3.8) is 0 Å². The van der Waals surface area contributed by atoms with Crippen LogP contribution in [0.2, 0.25) is 0 Å². The van der Waals surface area contributed by atoms with E-state index in [1.807, 2.05) is 0 Å². The molecule has 0 bridgehead atoms. The highest BCUT2D eigenvalue weighted by Gasteiger charge is 2.07. The number of ketones is 1. The minimum absolute atomic E-state index is 0.0345. The van der Waals surface area contributed by atoms with Crippen molar-refractivity contribution in [1.29, 1.82) is 0 Å². The molecule has 2 aromatic rings. The molecule has 0 fully saturated rings. The number of hydrogen-bond donors (Lipinski definition) is 2. The number of aromatic amines is 1. The number of rotatable bonds is 1. The van der Waals surface area contributed by atoms with Crippen LogP contribution in [0.3, 0.4) is 0 Å². The van der Waals surface area contributed by atoms with Gasteiger partial charge in [-0.25, -0.2) is 0 Å². The molecular weight excluding hydrogens is 194 g/mol. The van der Waals surface area contributed by atoms with Crippen LogP contribution in [0.1, 0.15) is 17.4 Å². The summed E-state index contributed by atoms with van der Waals surface area (Å²) in [6.07, 6.45) is 0. The average molecular weight is 203 g/mol. The van der Waals surface area contributed by atoms with Gasteiger partial charge in [0.1, 0.15) is 5.75 Å². The summed E-state index contributed by atoms with van der Waals surface area (Å²) in [5.74, 6) is -0.273. The van der Waals surface area contributed by atoms with Crippen molar-refractivity contribution in [2.45, 2.75) is 6.92 Å². The Hall–Kier alpha value is -2.10. The summed E-state index contributed by atoms with van der Waals surface area (Å²) in [5, 5.41) is 9.90. The standard InChI is InChI=1S/C11H9NO3/c1-6(13)8-5-10(15)7-3-2-4-9(14)11(7)12-8/h2-5,14H,1H3,(H,12,15). The number of benzene rings is 1. The summed E-state index contributed by atoms with van der Waals surface area (Å²) in [7, 11) is 0. The minimum atomic E-state index is -0.273. The number of Topliss-reactive ketones (excluding diaryl/α,β-unsaturated/α-hetero) is 1. The van der Waals surface area contributed by atoms with Gasteiger partial charge in [0.05, 0.1) is 11.2 Å². The summed E-state index contributed by atoms with van der Waals surface area (Å²) in [4.78, 5) is 25.4. The van der Waals surface area contributed by atoms with Crippen molar-refractivity contribution in [2.24, 2.45) is 0 Å². The molecule has 4 heteroatoms. The van der Waals surface area contributed by atoms with Crippen LogP contribution >= 0.6 is 0 Å². The van der Waals surface area contributed by atoms with E-state index in [-0.39, 0.29) is 22.7 Å². The number of H-pyrrole nitrogens is 1. The summed E-state index contributed by atoms with van der Waals surface area (Å²) >= 11 is 0. The Morgan fingerprint density at radius 1 is 1.40 bits per heavy atom. The van der Waals surface area contributed by atoms with Gasteiger partial charge >= 0.3 is 0 Å². The third-order valence-corrected chi connectivity index (χ3v) is 2.22. The van der Waals surface area contributed by atoms with Crippen molar-refractivity contribution in [1.82, 2.24) is 4.98 Å². The molecule has 76 valence electrons. The van der Waals surface area contributed by atoms with Crippen molar-refractivity contribution in [3.8, 4) is 5.75 Å². The summed E-state index contributed by atoms with van der Waals surface area (Å²) in [6, 6.07) is 5.88. The quantitative estimate of drug-likeness (QED) is 0.689. The van der Waals surface area contributed by atoms with Gasteiger partial charge in [0.2, 0.25) is 0 Å². The highest BCUT2D eigenvalue weighted by Crippen LogP contribution is 2.19. The topological polar surface area (TPSA) is 70.2 Å². The normalized spacial score (nSPS) is 10.5. The van der Waals surface area contributed by atoms with Gasteiger partial charge in [-0.3, -0.25) is 9.59 Å². The predicted octanol–water partition coefficient (Wildman–Crippen LogP) is 1.44. The Balaban J connectivity index is 2.92. The first kappa shape index (κ1) is 9.45.